The molecule has 0 saturated carbocycles. The van der Waals surface area contributed by atoms with Crippen LogP contribution >= 0.6 is 11.3 Å². The van der Waals surface area contributed by atoms with Gasteiger partial charge in [-0.1, -0.05) is 6.92 Å². The second-order valence-electron chi connectivity index (χ2n) is 4.93. The Morgan fingerprint density at radius 2 is 1.88 bits per heavy atom. The Bertz CT molecular complexity index is 730. The molecule has 1 heterocycles. The third-order valence-electron chi connectivity index (χ3n) is 3.19. The van der Waals surface area contributed by atoms with E-state index in [1.165, 1.54) is 17.0 Å². The van der Waals surface area contributed by atoms with Crippen molar-refractivity contribution in [2.75, 3.05) is 11.9 Å². The minimum Gasteiger partial charge on any atom is -0.492 e. The first-order chi connectivity index (χ1) is 11.5. The maximum atomic E-state index is 13.2. The van der Waals surface area contributed by atoms with Gasteiger partial charge in [-0.3, -0.25) is 9.59 Å². The smallest absolute Gasteiger partial charge is 0.313 e. The van der Waals surface area contributed by atoms with Crippen LogP contribution in [0.4, 0.5) is 10.1 Å². The summed E-state index contributed by atoms with van der Waals surface area (Å²) in [6.07, 6.45) is 0.934. The summed E-state index contributed by atoms with van der Waals surface area (Å²) >= 11 is 1.59. The maximum Gasteiger partial charge on any atom is 0.313 e. The van der Waals surface area contributed by atoms with Gasteiger partial charge in [0.05, 0.1) is 18.8 Å². The van der Waals surface area contributed by atoms with Crippen LogP contribution in [0.2, 0.25) is 0 Å². The summed E-state index contributed by atoms with van der Waals surface area (Å²) in [5, 5.41) is 5.00. The number of amides is 2. The van der Waals surface area contributed by atoms with Crippen molar-refractivity contribution in [2.24, 2.45) is 0 Å². The normalized spacial score (nSPS) is 10.3. The fourth-order valence-electron chi connectivity index (χ4n) is 2.01. The average molecular weight is 350 g/mol. The number of hydrogen-bond donors (Lipinski definition) is 2. The molecule has 5 nitrogen and oxygen atoms in total. The Labute approximate surface area is 143 Å². The molecule has 1 aromatic heterocycles. The lowest BCUT2D eigenvalue weighted by atomic mass is 10.2. The van der Waals surface area contributed by atoms with Crippen LogP contribution < -0.4 is 15.4 Å². The van der Waals surface area contributed by atoms with Gasteiger partial charge in [-0.25, -0.2) is 4.39 Å². The number of aryl methyl sites for hydroxylation is 1. The molecule has 0 saturated heterocycles. The molecule has 128 valence electrons. The monoisotopic (exact) mass is 350 g/mol. The molecule has 0 atom stereocenters. The Morgan fingerprint density at radius 3 is 2.54 bits per heavy atom. The zero-order valence-corrected chi connectivity index (χ0v) is 14.3. The van der Waals surface area contributed by atoms with Crippen LogP contribution in [0.5, 0.6) is 5.75 Å². The number of thiophene rings is 1. The van der Waals surface area contributed by atoms with Crippen molar-refractivity contribution in [3.8, 4) is 5.75 Å². The molecule has 2 amide bonds. The van der Waals surface area contributed by atoms with E-state index in [-0.39, 0.29) is 11.4 Å². The number of benzene rings is 1. The van der Waals surface area contributed by atoms with Gasteiger partial charge in [-0.15, -0.1) is 11.3 Å². The lowest BCUT2D eigenvalue weighted by Gasteiger charge is -2.11. The fourth-order valence-corrected chi connectivity index (χ4v) is 2.91. The lowest BCUT2D eigenvalue weighted by molar-refractivity contribution is -0.136. The molecule has 0 aliphatic heterocycles. The Morgan fingerprint density at radius 1 is 1.12 bits per heavy atom. The highest BCUT2D eigenvalue weighted by molar-refractivity contribution is 7.11. The van der Waals surface area contributed by atoms with Crippen molar-refractivity contribution < 1.29 is 18.7 Å². The molecule has 0 spiro atoms. The number of hydrogen-bond acceptors (Lipinski definition) is 4. The van der Waals surface area contributed by atoms with E-state index in [1.807, 2.05) is 12.1 Å². The molecular formula is C17H19FN2O3S. The highest BCUT2D eigenvalue weighted by Gasteiger charge is 2.16. The van der Waals surface area contributed by atoms with Gasteiger partial charge in [0.25, 0.3) is 0 Å². The molecule has 0 bridgehead atoms. The van der Waals surface area contributed by atoms with Crippen LogP contribution in [0, 0.1) is 5.82 Å². The van der Waals surface area contributed by atoms with E-state index >= 15 is 0 Å². The van der Waals surface area contributed by atoms with Gasteiger partial charge in [0, 0.05) is 15.8 Å². The topological polar surface area (TPSA) is 67.4 Å². The third-order valence-corrected chi connectivity index (χ3v) is 4.42. The van der Waals surface area contributed by atoms with E-state index in [0.717, 1.165) is 17.4 Å². The summed E-state index contributed by atoms with van der Waals surface area (Å²) in [4.78, 5) is 26.1. The Hall–Kier alpha value is -2.41. The summed E-state index contributed by atoms with van der Waals surface area (Å²) < 4.78 is 18.5. The number of carbonyl (C=O) groups is 2. The van der Waals surface area contributed by atoms with E-state index in [4.69, 9.17) is 4.74 Å². The minimum atomic E-state index is -0.824. The lowest BCUT2D eigenvalue weighted by Crippen LogP contribution is -2.34. The van der Waals surface area contributed by atoms with Gasteiger partial charge >= 0.3 is 11.8 Å². The molecule has 0 aliphatic carbocycles. The molecule has 0 fully saturated rings. The van der Waals surface area contributed by atoms with E-state index in [0.29, 0.717) is 13.2 Å². The van der Waals surface area contributed by atoms with Gasteiger partial charge in [-0.05, 0) is 37.6 Å². The second kappa shape index (κ2) is 8.44. The molecule has 24 heavy (non-hydrogen) atoms. The largest absolute Gasteiger partial charge is 0.492 e. The summed E-state index contributed by atoms with van der Waals surface area (Å²) in [6, 6.07) is 7.63. The number of ether oxygens (including phenoxy) is 1. The standard InChI is InChI=1S/C17H19FN2O3S/c1-3-12-6-7-13(24-12)10-19-16(21)17(22)20-14-8-5-11(18)9-15(14)23-4-2/h5-9H,3-4,10H2,1-2H3,(H,19,21)(H,20,22). The molecule has 2 N–H and O–H groups in total. The van der Waals surface area contributed by atoms with Crippen LogP contribution in [0.3, 0.4) is 0 Å². The first-order valence-electron chi connectivity index (χ1n) is 7.62. The van der Waals surface area contributed by atoms with Gasteiger partial charge in [0.1, 0.15) is 11.6 Å². The van der Waals surface area contributed by atoms with Crippen LogP contribution in [0.1, 0.15) is 23.6 Å². The van der Waals surface area contributed by atoms with Gasteiger partial charge in [0.2, 0.25) is 0 Å². The third kappa shape index (κ3) is 4.79. The summed E-state index contributed by atoms with van der Waals surface area (Å²) in [5.41, 5.74) is 0.253. The molecule has 0 aliphatic rings. The minimum absolute atomic E-state index is 0.185. The SMILES string of the molecule is CCOc1cc(F)ccc1NC(=O)C(=O)NCc1ccc(CC)s1. The Balaban J connectivity index is 1.95. The second-order valence-corrected chi connectivity index (χ2v) is 6.18. The van der Waals surface area contributed by atoms with Crippen molar-refractivity contribution in [1.29, 1.82) is 0 Å². The van der Waals surface area contributed by atoms with Crippen LogP contribution in [-0.4, -0.2) is 18.4 Å². The number of anilines is 1. The predicted octanol–water partition coefficient (Wildman–Crippen LogP) is 3.10. The van der Waals surface area contributed by atoms with Crippen molar-refractivity contribution in [3.05, 3.63) is 45.9 Å². The van der Waals surface area contributed by atoms with E-state index < -0.39 is 17.6 Å². The predicted molar refractivity (Wildman–Crippen MR) is 91.7 cm³/mol. The van der Waals surface area contributed by atoms with E-state index in [9.17, 15) is 14.0 Å². The van der Waals surface area contributed by atoms with Gasteiger partial charge in [-0.2, -0.15) is 0 Å². The number of rotatable bonds is 6. The number of halogens is 1. The zero-order valence-electron chi connectivity index (χ0n) is 13.5. The van der Waals surface area contributed by atoms with Crippen LogP contribution in [-0.2, 0) is 22.6 Å². The molecule has 1 aromatic carbocycles. The summed E-state index contributed by atoms with van der Waals surface area (Å²) in [5.74, 6) is -1.88. The van der Waals surface area contributed by atoms with E-state index in [1.54, 1.807) is 18.3 Å². The van der Waals surface area contributed by atoms with Gasteiger partial charge < -0.3 is 15.4 Å². The molecule has 2 rings (SSSR count). The fraction of sp³-hybridized carbons (Fsp3) is 0.294. The molecule has 2 aromatic rings. The zero-order chi connectivity index (χ0) is 17.5. The first kappa shape index (κ1) is 17.9. The highest BCUT2D eigenvalue weighted by atomic mass is 32.1. The summed E-state index contributed by atoms with van der Waals surface area (Å²) in [7, 11) is 0. The number of nitrogens with one attached hydrogen (secondary N) is 2. The summed E-state index contributed by atoms with van der Waals surface area (Å²) in [6.45, 7) is 4.41. The van der Waals surface area contributed by atoms with Crippen molar-refractivity contribution in [2.45, 2.75) is 26.8 Å². The average Bonchev–Trinajstić information content (AvgIpc) is 3.03. The molecular weight excluding hydrogens is 331 g/mol. The Kier molecular flexibility index (Phi) is 6.31. The van der Waals surface area contributed by atoms with Crippen molar-refractivity contribution in [3.63, 3.8) is 0 Å². The van der Waals surface area contributed by atoms with Crippen LogP contribution in [0.25, 0.3) is 0 Å². The van der Waals surface area contributed by atoms with Crippen molar-refractivity contribution in [1.82, 2.24) is 5.32 Å². The van der Waals surface area contributed by atoms with Gasteiger partial charge in [0.15, 0.2) is 0 Å². The highest BCUT2D eigenvalue weighted by Crippen LogP contribution is 2.25. The molecule has 0 unspecified atom stereocenters. The van der Waals surface area contributed by atoms with E-state index in [2.05, 4.69) is 17.6 Å². The maximum absolute atomic E-state index is 13.2. The van der Waals surface area contributed by atoms with Crippen molar-refractivity contribution >= 4 is 28.8 Å². The molecule has 7 heteroatoms. The number of carbonyl (C=O) groups excluding carboxylic acids is 2. The van der Waals surface area contributed by atoms with Crippen LogP contribution in [0.15, 0.2) is 30.3 Å². The quantitative estimate of drug-likeness (QED) is 0.787. The molecule has 0 radical (unpaired) electrons. The first-order valence-corrected chi connectivity index (χ1v) is 8.44.